The van der Waals surface area contributed by atoms with Crippen molar-refractivity contribution in [3.8, 4) is 0 Å². The van der Waals surface area contributed by atoms with Gasteiger partial charge < -0.3 is 10.6 Å². The number of nitrogens with zero attached hydrogens (tertiary/aromatic N) is 1. The molecule has 1 aliphatic heterocycles. The second-order valence-corrected chi connectivity index (χ2v) is 4.87. The number of amides is 2. The van der Waals surface area contributed by atoms with Crippen molar-refractivity contribution in [1.82, 2.24) is 10.3 Å². The predicted octanol–water partition coefficient (Wildman–Crippen LogP) is 1.61. The number of halogens is 1. The van der Waals surface area contributed by atoms with Crippen LogP contribution in [0.4, 0.5) is 10.5 Å². The summed E-state index contributed by atoms with van der Waals surface area (Å²) in [5.74, 6) is 0.231. The zero-order valence-electron chi connectivity index (χ0n) is 8.07. The lowest BCUT2D eigenvalue weighted by Crippen LogP contribution is -2.38. The molecule has 0 radical (unpaired) electrons. The van der Waals surface area contributed by atoms with Gasteiger partial charge in [-0.05, 0) is 28.1 Å². The maximum Gasteiger partial charge on any atom is 0.279 e. The number of rotatable bonds is 2. The minimum absolute atomic E-state index is 0.162. The second kappa shape index (κ2) is 4.84. The van der Waals surface area contributed by atoms with Crippen molar-refractivity contribution in [2.24, 2.45) is 0 Å². The third-order valence-corrected chi connectivity index (χ3v) is 3.52. The molecule has 0 aromatic carbocycles. The van der Waals surface area contributed by atoms with Crippen molar-refractivity contribution >= 4 is 44.5 Å². The highest BCUT2D eigenvalue weighted by Gasteiger charge is 2.28. The molecule has 1 aromatic heterocycles. The highest BCUT2D eigenvalue weighted by Crippen LogP contribution is 2.20. The summed E-state index contributed by atoms with van der Waals surface area (Å²) in [5.41, 5.74) is 0.596. The Morgan fingerprint density at radius 2 is 2.50 bits per heavy atom. The van der Waals surface area contributed by atoms with E-state index in [9.17, 15) is 9.59 Å². The summed E-state index contributed by atoms with van der Waals surface area (Å²) in [6.45, 7) is 0. The molecule has 5 nitrogen and oxygen atoms in total. The molecule has 7 heteroatoms. The van der Waals surface area contributed by atoms with Crippen molar-refractivity contribution in [3.05, 3.63) is 22.9 Å². The zero-order valence-corrected chi connectivity index (χ0v) is 10.5. The predicted molar refractivity (Wildman–Crippen MR) is 65.3 cm³/mol. The summed E-state index contributed by atoms with van der Waals surface area (Å²) >= 11 is 4.34. The van der Waals surface area contributed by atoms with Crippen molar-refractivity contribution in [3.63, 3.8) is 0 Å². The Labute approximate surface area is 105 Å². The second-order valence-electron chi connectivity index (χ2n) is 3.13. The molecule has 2 amide bonds. The molecule has 1 atom stereocenters. The fraction of sp³-hybridized carbons (Fsp3) is 0.222. The lowest BCUT2D eigenvalue weighted by Gasteiger charge is -2.10. The van der Waals surface area contributed by atoms with Crippen LogP contribution in [0.3, 0.4) is 0 Å². The minimum Gasteiger partial charge on any atom is -0.334 e. The minimum atomic E-state index is -0.468. The maximum atomic E-state index is 11.7. The number of carbonyl (C=O) groups is 2. The smallest absolute Gasteiger partial charge is 0.279 e. The molecule has 1 unspecified atom stereocenters. The highest BCUT2D eigenvalue weighted by atomic mass is 79.9. The molecular weight excluding hydrogens is 294 g/mol. The maximum absolute atomic E-state index is 11.7. The van der Waals surface area contributed by atoms with E-state index in [1.165, 1.54) is 0 Å². The molecule has 0 bridgehead atoms. The van der Waals surface area contributed by atoms with E-state index in [0.717, 1.165) is 11.8 Å². The number of aromatic nitrogens is 1. The third kappa shape index (κ3) is 2.53. The standard InChI is InChI=1S/C9H8BrN3O2S/c10-7-5(2-1-3-11-7)12-8(14)6-4-16-9(15)13-6/h1-3,6H,4H2,(H,12,14)(H,13,15). The number of anilines is 1. The number of carbonyl (C=O) groups excluding carboxylic acids is 2. The molecule has 0 spiro atoms. The lowest BCUT2D eigenvalue weighted by molar-refractivity contribution is -0.117. The van der Waals surface area contributed by atoms with Crippen molar-refractivity contribution in [1.29, 1.82) is 0 Å². The van der Waals surface area contributed by atoms with Gasteiger partial charge in [0.05, 0.1) is 5.69 Å². The van der Waals surface area contributed by atoms with Crippen LogP contribution in [0.5, 0.6) is 0 Å². The number of hydrogen-bond acceptors (Lipinski definition) is 4. The fourth-order valence-corrected chi connectivity index (χ4v) is 2.35. The normalized spacial score (nSPS) is 19.3. The van der Waals surface area contributed by atoms with E-state index in [1.54, 1.807) is 18.3 Å². The van der Waals surface area contributed by atoms with E-state index in [1.807, 2.05) is 0 Å². The van der Waals surface area contributed by atoms with Gasteiger partial charge >= 0.3 is 0 Å². The Balaban J connectivity index is 2.03. The Hall–Kier alpha value is -1.08. The molecule has 2 rings (SSSR count). The van der Waals surface area contributed by atoms with Crippen LogP contribution in [0.15, 0.2) is 22.9 Å². The number of pyridine rings is 1. The summed E-state index contributed by atoms with van der Waals surface area (Å²) < 4.78 is 0.570. The van der Waals surface area contributed by atoms with Gasteiger partial charge in [0.2, 0.25) is 5.91 Å². The van der Waals surface area contributed by atoms with E-state index >= 15 is 0 Å². The summed E-state index contributed by atoms with van der Waals surface area (Å²) in [7, 11) is 0. The van der Waals surface area contributed by atoms with Crippen molar-refractivity contribution in [2.45, 2.75) is 6.04 Å². The zero-order chi connectivity index (χ0) is 11.5. The highest BCUT2D eigenvalue weighted by molar-refractivity contribution is 9.10. The molecule has 0 aliphatic carbocycles. The summed E-state index contributed by atoms with van der Waals surface area (Å²) in [4.78, 5) is 26.6. The van der Waals surface area contributed by atoms with E-state index in [0.29, 0.717) is 16.0 Å². The van der Waals surface area contributed by atoms with E-state index in [-0.39, 0.29) is 11.1 Å². The molecule has 1 aromatic rings. The first-order valence-corrected chi connectivity index (χ1v) is 6.29. The van der Waals surface area contributed by atoms with Crippen molar-refractivity contribution in [2.75, 3.05) is 11.1 Å². The van der Waals surface area contributed by atoms with Crippen LogP contribution in [-0.2, 0) is 4.79 Å². The average Bonchev–Trinajstić information content (AvgIpc) is 2.68. The molecular formula is C9H8BrN3O2S. The number of thioether (sulfide) groups is 1. The fourth-order valence-electron chi connectivity index (χ4n) is 1.22. The van der Waals surface area contributed by atoms with Crippen LogP contribution < -0.4 is 10.6 Å². The first-order chi connectivity index (χ1) is 7.66. The van der Waals surface area contributed by atoms with Crippen molar-refractivity contribution < 1.29 is 9.59 Å². The SMILES string of the molecule is O=C1NC(C(=O)Nc2cccnc2Br)CS1. The Kier molecular flexibility index (Phi) is 3.45. The topological polar surface area (TPSA) is 71.1 Å². The molecule has 1 fully saturated rings. The molecule has 16 heavy (non-hydrogen) atoms. The third-order valence-electron chi connectivity index (χ3n) is 2.01. The summed E-state index contributed by atoms with van der Waals surface area (Å²) in [6, 6.07) is 2.99. The van der Waals surface area contributed by atoms with E-state index in [4.69, 9.17) is 0 Å². The molecule has 0 saturated carbocycles. The first kappa shape index (κ1) is 11.4. The Morgan fingerprint density at radius 1 is 1.69 bits per heavy atom. The van der Waals surface area contributed by atoms with Crippen LogP contribution in [0.2, 0.25) is 0 Å². The molecule has 2 heterocycles. The van der Waals surface area contributed by atoms with Crippen LogP contribution >= 0.6 is 27.7 Å². The van der Waals surface area contributed by atoms with E-state index < -0.39 is 6.04 Å². The Morgan fingerprint density at radius 3 is 3.12 bits per heavy atom. The van der Waals surface area contributed by atoms with Gasteiger partial charge in [0, 0.05) is 11.9 Å². The quantitative estimate of drug-likeness (QED) is 0.814. The van der Waals surface area contributed by atoms with Gasteiger partial charge in [-0.2, -0.15) is 0 Å². The molecule has 84 valence electrons. The molecule has 1 saturated heterocycles. The van der Waals surface area contributed by atoms with Crippen LogP contribution in [0, 0.1) is 0 Å². The largest absolute Gasteiger partial charge is 0.334 e. The van der Waals surface area contributed by atoms with E-state index in [2.05, 4.69) is 31.5 Å². The van der Waals surface area contributed by atoms with Gasteiger partial charge in [-0.1, -0.05) is 11.8 Å². The Bertz CT molecular complexity index is 441. The van der Waals surface area contributed by atoms with Crippen LogP contribution in [0.25, 0.3) is 0 Å². The molecule has 1 aliphatic rings. The number of nitrogens with one attached hydrogen (secondary N) is 2. The monoisotopic (exact) mass is 301 g/mol. The van der Waals surface area contributed by atoms with Crippen LogP contribution in [0.1, 0.15) is 0 Å². The summed E-state index contributed by atoms with van der Waals surface area (Å²) in [6.07, 6.45) is 1.62. The first-order valence-electron chi connectivity index (χ1n) is 4.51. The van der Waals surface area contributed by atoms with Gasteiger partial charge in [-0.3, -0.25) is 9.59 Å². The van der Waals surface area contributed by atoms with Crippen LogP contribution in [-0.4, -0.2) is 27.9 Å². The number of hydrogen-bond donors (Lipinski definition) is 2. The van der Waals surface area contributed by atoms with Gasteiger partial charge in [-0.25, -0.2) is 4.98 Å². The summed E-state index contributed by atoms with van der Waals surface area (Å²) in [5, 5.41) is 5.10. The average molecular weight is 302 g/mol. The lowest BCUT2D eigenvalue weighted by atomic mass is 10.3. The molecule has 2 N–H and O–H groups in total. The van der Waals surface area contributed by atoms with Gasteiger partial charge in [0.15, 0.2) is 0 Å². The van der Waals surface area contributed by atoms with Gasteiger partial charge in [-0.15, -0.1) is 0 Å². The van der Waals surface area contributed by atoms with Gasteiger partial charge in [0.1, 0.15) is 10.6 Å². The van der Waals surface area contributed by atoms with Gasteiger partial charge in [0.25, 0.3) is 5.24 Å².